The van der Waals surface area contributed by atoms with Gasteiger partial charge in [0.25, 0.3) is 0 Å². The van der Waals surface area contributed by atoms with Crippen LogP contribution in [0.1, 0.15) is 39.0 Å². The van der Waals surface area contributed by atoms with Crippen LogP contribution in [0.4, 0.5) is 0 Å². The minimum atomic E-state index is -0.666. The fraction of sp³-hybridized carbons (Fsp3) is 0.846. The quantitative estimate of drug-likeness (QED) is 0.635. The standard InChI is InChI=1S/C13H24N2O3/c1-2-7-15-12(16)9-14-8-10-3-5-11(6-4-10)13(17)18/h10-11,14H,2-9H2,1H3,(H,15,16)(H,17,18). The molecule has 1 amide bonds. The molecule has 0 atom stereocenters. The molecule has 1 aliphatic carbocycles. The molecule has 5 heteroatoms. The highest BCUT2D eigenvalue weighted by molar-refractivity contribution is 5.77. The predicted molar refractivity (Wildman–Crippen MR) is 69.3 cm³/mol. The molecule has 1 rings (SSSR count). The van der Waals surface area contributed by atoms with Crippen LogP contribution in [0.15, 0.2) is 0 Å². The van der Waals surface area contributed by atoms with Gasteiger partial charge in [0.05, 0.1) is 12.5 Å². The molecule has 104 valence electrons. The summed E-state index contributed by atoms with van der Waals surface area (Å²) in [6, 6.07) is 0. The minimum absolute atomic E-state index is 0.0380. The van der Waals surface area contributed by atoms with E-state index in [0.717, 1.165) is 45.2 Å². The lowest BCUT2D eigenvalue weighted by molar-refractivity contribution is -0.143. The predicted octanol–water partition coefficient (Wildman–Crippen LogP) is 0.993. The molecule has 0 radical (unpaired) electrons. The minimum Gasteiger partial charge on any atom is -0.481 e. The van der Waals surface area contributed by atoms with Crippen molar-refractivity contribution < 1.29 is 14.7 Å². The Hall–Kier alpha value is -1.10. The molecule has 0 saturated heterocycles. The summed E-state index contributed by atoms with van der Waals surface area (Å²) in [5.41, 5.74) is 0. The average molecular weight is 256 g/mol. The number of hydrogen-bond acceptors (Lipinski definition) is 3. The number of hydrogen-bond donors (Lipinski definition) is 3. The van der Waals surface area contributed by atoms with Gasteiger partial charge in [-0.15, -0.1) is 0 Å². The molecule has 0 aromatic heterocycles. The van der Waals surface area contributed by atoms with Crippen LogP contribution in [0, 0.1) is 11.8 Å². The first-order valence-electron chi connectivity index (χ1n) is 6.83. The molecule has 0 aromatic rings. The first-order chi connectivity index (χ1) is 8.63. The molecule has 3 N–H and O–H groups in total. The van der Waals surface area contributed by atoms with Crippen molar-refractivity contribution in [2.45, 2.75) is 39.0 Å². The van der Waals surface area contributed by atoms with Gasteiger partial charge in [0, 0.05) is 6.54 Å². The molecule has 0 aromatic carbocycles. The van der Waals surface area contributed by atoms with Gasteiger partial charge in [-0.05, 0) is 44.6 Å². The van der Waals surface area contributed by atoms with E-state index in [1.165, 1.54) is 0 Å². The van der Waals surface area contributed by atoms with Crippen LogP contribution in [0.3, 0.4) is 0 Å². The Kier molecular flexibility index (Phi) is 6.72. The van der Waals surface area contributed by atoms with Crippen LogP contribution in [-0.2, 0) is 9.59 Å². The van der Waals surface area contributed by atoms with E-state index in [-0.39, 0.29) is 11.8 Å². The molecule has 0 heterocycles. The van der Waals surface area contributed by atoms with Gasteiger partial charge in [-0.2, -0.15) is 0 Å². The second kappa shape index (κ2) is 8.08. The van der Waals surface area contributed by atoms with E-state index >= 15 is 0 Å². The van der Waals surface area contributed by atoms with E-state index in [9.17, 15) is 9.59 Å². The monoisotopic (exact) mass is 256 g/mol. The summed E-state index contributed by atoms with van der Waals surface area (Å²) in [4.78, 5) is 22.1. The van der Waals surface area contributed by atoms with Gasteiger partial charge in [0.15, 0.2) is 0 Å². The summed E-state index contributed by atoms with van der Waals surface area (Å²) in [7, 11) is 0. The Morgan fingerprint density at radius 3 is 2.44 bits per heavy atom. The van der Waals surface area contributed by atoms with Crippen molar-refractivity contribution in [2.24, 2.45) is 11.8 Å². The van der Waals surface area contributed by atoms with Crippen molar-refractivity contribution in [3.63, 3.8) is 0 Å². The molecule has 5 nitrogen and oxygen atoms in total. The zero-order valence-electron chi connectivity index (χ0n) is 11.1. The SMILES string of the molecule is CCCNC(=O)CNCC1CCC(C(=O)O)CC1. The summed E-state index contributed by atoms with van der Waals surface area (Å²) in [6.45, 7) is 3.92. The van der Waals surface area contributed by atoms with Gasteiger partial charge in [0.1, 0.15) is 0 Å². The van der Waals surface area contributed by atoms with Crippen molar-refractivity contribution >= 4 is 11.9 Å². The molecule has 1 aliphatic rings. The number of aliphatic carboxylic acids is 1. The smallest absolute Gasteiger partial charge is 0.306 e. The molecule has 0 spiro atoms. The average Bonchev–Trinajstić information content (AvgIpc) is 2.37. The zero-order chi connectivity index (χ0) is 13.4. The number of carboxylic acids is 1. The van der Waals surface area contributed by atoms with Crippen LogP contribution < -0.4 is 10.6 Å². The van der Waals surface area contributed by atoms with E-state index in [1.54, 1.807) is 0 Å². The molecular formula is C13H24N2O3. The number of rotatable bonds is 7. The lowest BCUT2D eigenvalue weighted by Gasteiger charge is -2.26. The van der Waals surface area contributed by atoms with E-state index in [4.69, 9.17) is 5.11 Å². The van der Waals surface area contributed by atoms with Gasteiger partial charge >= 0.3 is 5.97 Å². The maximum atomic E-state index is 11.3. The molecule has 0 bridgehead atoms. The summed E-state index contributed by atoms with van der Waals surface area (Å²) < 4.78 is 0. The third-order valence-electron chi connectivity index (χ3n) is 3.49. The first kappa shape index (κ1) is 15.0. The van der Waals surface area contributed by atoms with E-state index in [0.29, 0.717) is 12.5 Å². The highest BCUT2D eigenvalue weighted by Crippen LogP contribution is 2.28. The van der Waals surface area contributed by atoms with Gasteiger partial charge in [0.2, 0.25) is 5.91 Å². The van der Waals surface area contributed by atoms with Crippen LogP contribution in [0.2, 0.25) is 0 Å². The Morgan fingerprint density at radius 1 is 1.22 bits per heavy atom. The van der Waals surface area contributed by atoms with Crippen LogP contribution in [-0.4, -0.2) is 36.6 Å². The number of nitrogens with one attached hydrogen (secondary N) is 2. The fourth-order valence-electron chi connectivity index (χ4n) is 2.33. The Bertz CT molecular complexity index is 273. The molecular weight excluding hydrogens is 232 g/mol. The molecule has 18 heavy (non-hydrogen) atoms. The van der Waals surface area contributed by atoms with Gasteiger partial charge in [-0.25, -0.2) is 0 Å². The maximum absolute atomic E-state index is 11.3. The van der Waals surface area contributed by atoms with Crippen LogP contribution in [0.5, 0.6) is 0 Å². The van der Waals surface area contributed by atoms with Gasteiger partial charge in [-0.1, -0.05) is 6.92 Å². The van der Waals surface area contributed by atoms with Crippen LogP contribution >= 0.6 is 0 Å². The summed E-state index contributed by atoms with van der Waals surface area (Å²) >= 11 is 0. The summed E-state index contributed by atoms with van der Waals surface area (Å²) in [5.74, 6) is -0.273. The van der Waals surface area contributed by atoms with E-state index < -0.39 is 5.97 Å². The number of amides is 1. The molecule has 1 fully saturated rings. The second-order valence-corrected chi connectivity index (χ2v) is 5.04. The van der Waals surface area contributed by atoms with E-state index in [2.05, 4.69) is 10.6 Å². The molecule has 1 saturated carbocycles. The van der Waals surface area contributed by atoms with Gasteiger partial charge in [-0.3, -0.25) is 9.59 Å². The molecule has 0 aliphatic heterocycles. The third-order valence-corrected chi connectivity index (χ3v) is 3.49. The van der Waals surface area contributed by atoms with Crippen LogP contribution in [0.25, 0.3) is 0 Å². The number of carboxylic acid groups (broad SMARTS) is 1. The highest BCUT2D eigenvalue weighted by atomic mass is 16.4. The maximum Gasteiger partial charge on any atom is 0.306 e. The third kappa shape index (κ3) is 5.49. The highest BCUT2D eigenvalue weighted by Gasteiger charge is 2.25. The number of carbonyl (C=O) groups is 2. The largest absolute Gasteiger partial charge is 0.481 e. The lowest BCUT2D eigenvalue weighted by atomic mass is 9.82. The molecule has 0 unspecified atom stereocenters. The lowest BCUT2D eigenvalue weighted by Crippen LogP contribution is -2.37. The summed E-state index contributed by atoms with van der Waals surface area (Å²) in [5, 5.41) is 14.8. The van der Waals surface area contributed by atoms with Crippen molar-refractivity contribution in [1.29, 1.82) is 0 Å². The Balaban J connectivity index is 2.07. The van der Waals surface area contributed by atoms with Crippen molar-refractivity contribution in [2.75, 3.05) is 19.6 Å². The first-order valence-corrected chi connectivity index (χ1v) is 6.83. The topological polar surface area (TPSA) is 78.4 Å². The summed E-state index contributed by atoms with van der Waals surface area (Å²) in [6.07, 6.45) is 4.37. The van der Waals surface area contributed by atoms with E-state index in [1.807, 2.05) is 6.92 Å². The van der Waals surface area contributed by atoms with Crippen molar-refractivity contribution in [3.8, 4) is 0 Å². The Labute approximate surface area is 108 Å². The zero-order valence-corrected chi connectivity index (χ0v) is 11.1. The van der Waals surface area contributed by atoms with Crippen molar-refractivity contribution in [3.05, 3.63) is 0 Å². The number of carbonyl (C=O) groups excluding carboxylic acids is 1. The second-order valence-electron chi connectivity index (χ2n) is 5.04. The van der Waals surface area contributed by atoms with Crippen molar-refractivity contribution in [1.82, 2.24) is 10.6 Å². The fourth-order valence-corrected chi connectivity index (χ4v) is 2.33. The van der Waals surface area contributed by atoms with Gasteiger partial charge < -0.3 is 15.7 Å². The normalized spacial score (nSPS) is 23.6. The Morgan fingerprint density at radius 2 is 1.89 bits per heavy atom.